The highest BCUT2D eigenvalue weighted by atomic mass is 16.2. The highest BCUT2D eigenvalue weighted by Gasteiger charge is 2.36. The van der Waals surface area contributed by atoms with Crippen molar-refractivity contribution in [3.05, 3.63) is 35.4 Å². The topological polar surface area (TPSA) is 43.9 Å². The van der Waals surface area contributed by atoms with Crippen molar-refractivity contribution < 1.29 is 9.59 Å². The number of hydrogen-bond acceptors (Lipinski definition) is 4. The average molecular weight is 341 g/mol. The molecular formula is C20H27N3O2. The number of hydrogen-bond donors (Lipinski definition) is 0. The summed E-state index contributed by atoms with van der Waals surface area (Å²) in [6, 6.07) is 7.73. The number of nitrogens with zero attached hydrogens (tertiary/aromatic N) is 3. The number of likely N-dealkylation sites (tertiary alicyclic amines) is 2. The fourth-order valence-electron chi connectivity index (χ4n) is 4.51. The minimum Gasteiger partial charge on any atom is -0.302 e. The second kappa shape index (κ2) is 7.26. The third kappa shape index (κ3) is 3.35. The molecule has 0 N–H and O–H groups in total. The fourth-order valence-corrected chi connectivity index (χ4v) is 4.51. The van der Waals surface area contributed by atoms with Gasteiger partial charge < -0.3 is 4.90 Å². The molecule has 1 atom stereocenters. The molecule has 0 aliphatic carbocycles. The quantitative estimate of drug-likeness (QED) is 0.771. The van der Waals surface area contributed by atoms with Crippen molar-refractivity contribution in [1.29, 1.82) is 0 Å². The Hall–Kier alpha value is -1.72. The Morgan fingerprint density at radius 1 is 0.840 bits per heavy atom. The van der Waals surface area contributed by atoms with Gasteiger partial charge >= 0.3 is 0 Å². The summed E-state index contributed by atoms with van der Waals surface area (Å²) in [6.07, 6.45) is 6.47. The largest absolute Gasteiger partial charge is 0.302 e. The summed E-state index contributed by atoms with van der Waals surface area (Å²) in [4.78, 5) is 31.5. The van der Waals surface area contributed by atoms with Gasteiger partial charge in [-0.15, -0.1) is 0 Å². The van der Waals surface area contributed by atoms with Crippen LogP contribution in [0.1, 0.15) is 52.8 Å². The molecule has 0 bridgehead atoms. The number of benzene rings is 1. The molecule has 0 unspecified atom stereocenters. The second-order valence-electron chi connectivity index (χ2n) is 7.50. The van der Waals surface area contributed by atoms with E-state index in [1.54, 1.807) is 12.1 Å². The molecule has 1 aromatic carbocycles. The van der Waals surface area contributed by atoms with Gasteiger partial charge in [-0.3, -0.25) is 19.4 Å². The molecule has 0 spiro atoms. The first kappa shape index (κ1) is 16.7. The minimum absolute atomic E-state index is 0.132. The normalized spacial score (nSPS) is 25.0. The third-order valence-corrected chi connectivity index (χ3v) is 5.91. The van der Waals surface area contributed by atoms with E-state index in [1.165, 1.54) is 50.1 Å². The highest BCUT2D eigenvalue weighted by molar-refractivity contribution is 6.21. The standard InChI is InChI=1S/C20H27N3O2/c24-19-17-8-2-3-9-18(17)20(25)23(19)14-13-22-12-6-7-16(22)15-21-10-4-1-5-11-21/h2-3,8-9,16H,1,4-7,10-15H2/t16-/m1/s1. The van der Waals surface area contributed by atoms with Crippen LogP contribution in [0.4, 0.5) is 0 Å². The Bertz CT molecular complexity index is 619. The van der Waals surface area contributed by atoms with Crippen molar-refractivity contribution in [3.63, 3.8) is 0 Å². The molecule has 3 heterocycles. The zero-order valence-electron chi connectivity index (χ0n) is 14.8. The molecule has 2 amide bonds. The van der Waals surface area contributed by atoms with E-state index < -0.39 is 0 Å². The summed E-state index contributed by atoms with van der Waals surface area (Å²) >= 11 is 0. The Morgan fingerprint density at radius 2 is 1.52 bits per heavy atom. The van der Waals surface area contributed by atoms with Crippen molar-refractivity contribution in [1.82, 2.24) is 14.7 Å². The van der Waals surface area contributed by atoms with Crippen LogP contribution in [0.25, 0.3) is 0 Å². The first-order valence-corrected chi connectivity index (χ1v) is 9.65. The Kier molecular flexibility index (Phi) is 4.86. The summed E-state index contributed by atoms with van der Waals surface area (Å²) in [5, 5.41) is 0. The van der Waals surface area contributed by atoms with Gasteiger partial charge in [0.2, 0.25) is 0 Å². The van der Waals surface area contributed by atoms with Crippen molar-refractivity contribution in [2.45, 2.75) is 38.1 Å². The number of carbonyl (C=O) groups is 2. The number of fused-ring (bicyclic) bond motifs is 1. The number of piperidine rings is 1. The minimum atomic E-state index is -0.132. The lowest BCUT2D eigenvalue weighted by Gasteiger charge is -2.33. The third-order valence-electron chi connectivity index (χ3n) is 5.91. The van der Waals surface area contributed by atoms with Gasteiger partial charge in [0, 0.05) is 25.7 Å². The molecule has 3 aliphatic heterocycles. The highest BCUT2D eigenvalue weighted by Crippen LogP contribution is 2.24. The predicted molar refractivity (Wildman–Crippen MR) is 96.7 cm³/mol. The summed E-state index contributed by atoms with van der Waals surface area (Å²) in [5.41, 5.74) is 1.11. The van der Waals surface area contributed by atoms with E-state index in [2.05, 4.69) is 9.80 Å². The maximum atomic E-state index is 12.5. The van der Waals surface area contributed by atoms with Crippen LogP contribution in [0.2, 0.25) is 0 Å². The fraction of sp³-hybridized carbons (Fsp3) is 0.600. The molecule has 134 valence electrons. The number of carbonyl (C=O) groups excluding carboxylic acids is 2. The molecular weight excluding hydrogens is 314 g/mol. The molecule has 25 heavy (non-hydrogen) atoms. The monoisotopic (exact) mass is 341 g/mol. The SMILES string of the molecule is O=C1c2ccccc2C(=O)N1CCN1CCC[C@@H]1CN1CCCCC1. The lowest BCUT2D eigenvalue weighted by molar-refractivity contribution is 0.0626. The van der Waals surface area contributed by atoms with E-state index in [-0.39, 0.29) is 11.8 Å². The van der Waals surface area contributed by atoms with Gasteiger partial charge in [0.05, 0.1) is 11.1 Å². The van der Waals surface area contributed by atoms with Crippen LogP contribution in [0, 0.1) is 0 Å². The first-order chi connectivity index (χ1) is 12.2. The van der Waals surface area contributed by atoms with Gasteiger partial charge in [0.25, 0.3) is 11.8 Å². The van der Waals surface area contributed by atoms with Gasteiger partial charge in [-0.2, -0.15) is 0 Å². The average Bonchev–Trinajstić information content (AvgIpc) is 3.18. The first-order valence-electron chi connectivity index (χ1n) is 9.65. The van der Waals surface area contributed by atoms with Crippen LogP contribution in [-0.4, -0.2) is 71.8 Å². The lowest BCUT2D eigenvalue weighted by atomic mass is 10.1. The Labute approximate surface area is 149 Å². The van der Waals surface area contributed by atoms with Crippen molar-refractivity contribution >= 4 is 11.8 Å². The summed E-state index contributed by atoms with van der Waals surface area (Å²) in [5.74, 6) is -0.264. The van der Waals surface area contributed by atoms with Gasteiger partial charge in [0.1, 0.15) is 0 Å². The number of amides is 2. The molecule has 4 rings (SSSR count). The van der Waals surface area contributed by atoms with E-state index >= 15 is 0 Å². The smallest absolute Gasteiger partial charge is 0.261 e. The van der Waals surface area contributed by atoms with Crippen LogP contribution in [0.5, 0.6) is 0 Å². The number of rotatable bonds is 5. The molecule has 0 saturated carbocycles. The van der Waals surface area contributed by atoms with Crippen molar-refractivity contribution in [2.24, 2.45) is 0 Å². The molecule has 0 aromatic heterocycles. The van der Waals surface area contributed by atoms with E-state index in [9.17, 15) is 9.59 Å². The molecule has 3 aliphatic rings. The number of imide groups is 1. The summed E-state index contributed by atoms with van der Waals surface area (Å²) in [6.45, 7) is 5.97. The van der Waals surface area contributed by atoms with Crippen LogP contribution in [0.15, 0.2) is 24.3 Å². The molecule has 5 nitrogen and oxygen atoms in total. The van der Waals surface area contributed by atoms with Crippen LogP contribution in [-0.2, 0) is 0 Å². The zero-order chi connectivity index (χ0) is 17.2. The van der Waals surface area contributed by atoms with Gasteiger partial charge in [-0.25, -0.2) is 0 Å². The van der Waals surface area contributed by atoms with Crippen molar-refractivity contribution in [2.75, 3.05) is 39.3 Å². The lowest BCUT2D eigenvalue weighted by Crippen LogP contribution is -2.45. The summed E-state index contributed by atoms with van der Waals surface area (Å²) in [7, 11) is 0. The zero-order valence-corrected chi connectivity index (χ0v) is 14.8. The Balaban J connectivity index is 1.35. The van der Waals surface area contributed by atoms with Gasteiger partial charge in [-0.05, 0) is 57.5 Å². The van der Waals surface area contributed by atoms with Gasteiger partial charge in [-0.1, -0.05) is 18.6 Å². The van der Waals surface area contributed by atoms with Crippen LogP contribution in [0.3, 0.4) is 0 Å². The second-order valence-corrected chi connectivity index (χ2v) is 7.50. The van der Waals surface area contributed by atoms with Crippen molar-refractivity contribution in [3.8, 4) is 0 Å². The molecule has 2 fully saturated rings. The maximum absolute atomic E-state index is 12.5. The summed E-state index contributed by atoms with van der Waals surface area (Å²) < 4.78 is 0. The van der Waals surface area contributed by atoms with E-state index in [1.807, 2.05) is 12.1 Å². The van der Waals surface area contributed by atoms with E-state index in [0.717, 1.165) is 19.6 Å². The molecule has 2 saturated heterocycles. The predicted octanol–water partition coefficient (Wildman–Crippen LogP) is 2.23. The molecule has 1 aromatic rings. The molecule has 5 heteroatoms. The van der Waals surface area contributed by atoms with Crippen LogP contribution < -0.4 is 0 Å². The maximum Gasteiger partial charge on any atom is 0.261 e. The molecule has 0 radical (unpaired) electrons. The Morgan fingerprint density at radius 3 is 2.20 bits per heavy atom. The van der Waals surface area contributed by atoms with Gasteiger partial charge in [0.15, 0.2) is 0 Å². The van der Waals surface area contributed by atoms with E-state index in [0.29, 0.717) is 23.7 Å². The van der Waals surface area contributed by atoms with Crippen LogP contribution >= 0.6 is 0 Å². The van der Waals surface area contributed by atoms with E-state index in [4.69, 9.17) is 0 Å².